The maximum absolute atomic E-state index is 12.0. The molecular formula is C13H12KN3OS3. The predicted octanol–water partition coefficient (Wildman–Crippen LogP) is -0.503. The first-order valence-corrected chi connectivity index (χ1v) is 7.42. The second kappa shape index (κ2) is 8.63. The van der Waals surface area contributed by atoms with E-state index in [0.717, 1.165) is 10.6 Å². The normalized spacial score (nSPS) is 9.62. The number of carbonyl (C=O) groups is 1. The fraction of sp³-hybridized carbons (Fsp3) is 0.154. The summed E-state index contributed by atoms with van der Waals surface area (Å²) in [6, 6.07) is 8.02. The van der Waals surface area contributed by atoms with Crippen molar-refractivity contribution in [3.8, 4) is 10.6 Å². The third-order valence-corrected chi connectivity index (χ3v) is 3.99. The summed E-state index contributed by atoms with van der Waals surface area (Å²) in [5.74, 6) is -0.287. The zero-order chi connectivity index (χ0) is 14.7. The third-order valence-electron chi connectivity index (χ3n) is 2.58. The molecule has 0 aliphatic rings. The molecule has 1 aromatic carbocycles. The molecule has 104 valence electrons. The Morgan fingerprint density at radius 2 is 1.86 bits per heavy atom. The smallest absolute Gasteiger partial charge is 0.410 e. The Morgan fingerprint density at radius 1 is 1.24 bits per heavy atom. The van der Waals surface area contributed by atoms with Crippen LogP contribution in [0.1, 0.15) is 20.9 Å². The Labute approximate surface area is 180 Å². The van der Waals surface area contributed by atoms with E-state index in [-0.39, 0.29) is 61.6 Å². The first-order valence-electron chi connectivity index (χ1n) is 5.79. The number of aromatic nitrogens is 1. The number of nitrogens with one attached hydrogen (secondary N) is 2. The first-order chi connectivity index (χ1) is 9.47. The quantitative estimate of drug-likeness (QED) is 0.327. The van der Waals surface area contributed by atoms with Gasteiger partial charge in [-0.15, -0.1) is 11.3 Å². The fourth-order valence-corrected chi connectivity index (χ4v) is 2.66. The van der Waals surface area contributed by atoms with Crippen LogP contribution in [0.3, 0.4) is 0 Å². The predicted molar refractivity (Wildman–Crippen MR) is 87.6 cm³/mol. The topological polar surface area (TPSA) is 54.0 Å². The van der Waals surface area contributed by atoms with Gasteiger partial charge in [-0.05, 0) is 18.2 Å². The molecule has 21 heavy (non-hydrogen) atoms. The summed E-state index contributed by atoms with van der Waals surface area (Å²) in [7, 11) is 0. The van der Waals surface area contributed by atoms with Crippen LogP contribution in [0.4, 0.5) is 0 Å². The van der Waals surface area contributed by atoms with Crippen LogP contribution in [0.2, 0.25) is 0 Å². The number of hydrogen-bond donors (Lipinski definition) is 2. The SMILES string of the molecule is Cc1ccc(-c2nc(C)c(C(=O)NNC(=S)[S-])s2)cc1.[K+]. The molecule has 1 aromatic heterocycles. The molecule has 0 saturated heterocycles. The van der Waals surface area contributed by atoms with Crippen LogP contribution in [0.15, 0.2) is 24.3 Å². The summed E-state index contributed by atoms with van der Waals surface area (Å²) in [6.07, 6.45) is 0. The molecule has 0 spiro atoms. The number of aryl methyl sites for hydroxylation is 2. The summed E-state index contributed by atoms with van der Waals surface area (Å²) in [5.41, 5.74) is 7.76. The number of rotatable bonds is 2. The van der Waals surface area contributed by atoms with Crippen LogP contribution < -0.4 is 62.2 Å². The molecule has 0 unspecified atom stereocenters. The number of thiazole rings is 1. The number of carbonyl (C=O) groups excluding carboxylic acids is 1. The van der Waals surface area contributed by atoms with Crippen molar-refractivity contribution in [2.75, 3.05) is 0 Å². The van der Waals surface area contributed by atoms with E-state index in [2.05, 4.69) is 40.7 Å². The molecule has 0 atom stereocenters. The van der Waals surface area contributed by atoms with Crippen LogP contribution in [-0.4, -0.2) is 15.2 Å². The molecule has 0 aliphatic carbocycles. The van der Waals surface area contributed by atoms with E-state index < -0.39 is 0 Å². The van der Waals surface area contributed by atoms with E-state index in [4.69, 9.17) is 0 Å². The largest absolute Gasteiger partial charge is 1.00 e. The van der Waals surface area contributed by atoms with Crippen LogP contribution in [0.5, 0.6) is 0 Å². The molecule has 1 heterocycles. The monoisotopic (exact) mass is 361 g/mol. The van der Waals surface area contributed by atoms with Gasteiger partial charge >= 0.3 is 51.4 Å². The van der Waals surface area contributed by atoms with Gasteiger partial charge in [0, 0.05) is 5.56 Å². The summed E-state index contributed by atoms with van der Waals surface area (Å²) >= 11 is 10.7. The Balaban J connectivity index is 0.00000220. The van der Waals surface area contributed by atoms with Crippen molar-refractivity contribution in [3.63, 3.8) is 0 Å². The molecule has 0 bridgehead atoms. The van der Waals surface area contributed by atoms with Crippen LogP contribution in [0, 0.1) is 13.8 Å². The van der Waals surface area contributed by atoms with Gasteiger partial charge in [0.05, 0.1) is 5.69 Å². The van der Waals surface area contributed by atoms with Gasteiger partial charge in [0.15, 0.2) is 0 Å². The van der Waals surface area contributed by atoms with E-state index in [1.165, 1.54) is 16.9 Å². The number of hydrazine groups is 1. The molecule has 4 nitrogen and oxygen atoms in total. The molecule has 0 saturated carbocycles. The van der Waals surface area contributed by atoms with E-state index in [1.54, 1.807) is 6.92 Å². The number of nitrogens with zero attached hydrogens (tertiary/aromatic N) is 1. The van der Waals surface area contributed by atoms with Crippen molar-refractivity contribution < 1.29 is 56.2 Å². The van der Waals surface area contributed by atoms with Gasteiger partial charge in [0.25, 0.3) is 5.91 Å². The van der Waals surface area contributed by atoms with Crippen molar-refractivity contribution in [2.45, 2.75) is 13.8 Å². The Bertz CT molecular complexity index is 655. The third kappa shape index (κ3) is 5.33. The first kappa shape index (κ1) is 19.1. The summed E-state index contributed by atoms with van der Waals surface area (Å²) in [6.45, 7) is 3.83. The number of thiocarbonyl (C=S) groups is 1. The van der Waals surface area contributed by atoms with Crippen molar-refractivity contribution in [3.05, 3.63) is 40.4 Å². The molecule has 0 fully saturated rings. The van der Waals surface area contributed by atoms with Crippen molar-refractivity contribution in [1.29, 1.82) is 0 Å². The average molecular weight is 362 g/mol. The van der Waals surface area contributed by atoms with Gasteiger partial charge in [-0.3, -0.25) is 10.2 Å². The Hall–Kier alpha value is 0.0664. The summed E-state index contributed by atoms with van der Waals surface area (Å²) < 4.78 is 0.0966. The molecule has 8 heteroatoms. The van der Waals surface area contributed by atoms with Crippen molar-refractivity contribution >= 4 is 46.4 Å². The molecule has 0 radical (unpaired) electrons. The van der Waals surface area contributed by atoms with Crippen LogP contribution in [0.25, 0.3) is 10.6 Å². The van der Waals surface area contributed by atoms with Crippen LogP contribution >= 0.6 is 23.6 Å². The molecule has 2 aromatic rings. The minimum absolute atomic E-state index is 0. The van der Waals surface area contributed by atoms with E-state index in [1.807, 2.05) is 31.2 Å². The second-order valence-electron chi connectivity index (χ2n) is 4.17. The van der Waals surface area contributed by atoms with Crippen molar-refractivity contribution in [1.82, 2.24) is 15.8 Å². The van der Waals surface area contributed by atoms with Gasteiger partial charge in [0.1, 0.15) is 9.88 Å². The van der Waals surface area contributed by atoms with Gasteiger partial charge < -0.3 is 30.3 Å². The van der Waals surface area contributed by atoms with Crippen LogP contribution in [-0.2, 0) is 12.6 Å². The van der Waals surface area contributed by atoms with Gasteiger partial charge in [-0.2, -0.15) is 0 Å². The Morgan fingerprint density at radius 3 is 2.43 bits per heavy atom. The van der Waals surface area contributed by atoms with Gasteiger partial charge in [-0.25, -0.2) is 4.98 Å². The number of amides is 1. The van der Waals surface area contributed by atoms with E-state index in [0.29, 0.717) is 10.6 Å². The molecule has 1 amide bonds. The molecule has 0 aliphatic heterocycles. The number of hydrogen-bond acceptors (Lipinski definition) is 5. The maximum atomic E-state index is 12.0. The maximum Gasteiger partial charge on any atom is 1.00 e. The van der Waals surface area contributed by atoms with Gasteiger partial charge in [-0.1, -0.05) is 29.8 Å². The second-order valence-corrected chi connectivity index (χ2v) is 6.24. The molecule has 2 N–H and O–H groups in total. The van der Waals surface area contributed by atoms with E-state index in [9.17, 15) is 4.79 Å². The summed E-state index contributed by atoms with van der Waals surface area (Å²) in [5, 5.41) is 0.814. The molecular weight excluding hydrogens is 349 g/mol. The standard InChI is InChI=1S/C13H13N3OS3.K/c1-7-3-5-9(6-4-7)12-14-8(2)10(20-12)11(17)15-16-13(18)19;/h3-6H,1-2H3,(H,15,17)(H2,16,18,19);/q;+1/p-1. The van der Waals surface area contributed by atoms with E-state index >= 15 is 0 Å². The molecule has 2 rings (SSSR count). The minimum Gasteiger partial charge on any atom is -0.410 e. The minimum atomic E-state index is -0.287. The summed E-state index contributed by atoms with van der Waals surface area (Å²) in [4.78, 5) is 16.9. The fourth-order valence-electron chi connectivity index (χ4n) is 1.59. The van der Waals surface area contributed by atoms with Crippen molar-refractivity contribution in [2.24, 2.45) is 0 Å². The zero-order valence-corrected chi connectivity index (χ0v) is 17.5. The Kier molecular flexibility index (Phi) is 7.86. The average Bonchev–Trinajstić information content (AvgIpc) is 2.79. The number of benzene rings is 1. The zero-order valence-electron chi connectivity index (χ0n) is 11.9. The van der Waals surface area contributed by atoms with Gasteiger partial charge in [0.2, 0.25) is 0 Å².